The molecular weight excluding hydrogens is 138 g/mol. The maximum absolute atomic E-state index is 8.80. The minimum absolute atomic E-state index is 0.206. The van der Waals surface area contributed by atoms with Crippen molar-refractivity contribution in [3.63, 3.8) is 0 Å². The molecule has 0 aromatic carbocycles. The van der Waals surface area contributed by atoms with E-state index in [0.29, 0.717) is 11.6 Å². The van der Waals surface area contributed by atoms with Crippen LogP contribution in [0.1, 0.15) is 11.6 Å². The molecule has 0 aliphatic carbocycles. The zero-order valence-corrected chi connectivity index (χ0v) is 5.60. The van der Waals surface area contributed by atoms with E-state index in [1.165, 1.54) is 5.37 Å². The highest BCUT2D eigenvalue weighted by molar-refractivity contribution is 7.79. The number of rotatable bonds is 1. The van der Waals surface area contributed by atoms with Crippen LogP contribution < -0.4 is 0 Å². The summed E-state index contributed by atoms with van der Waals surface area (Å²) in [4.78, 5) is 3.75. The Morgan fingerprint density at radius 3 is 2.67 bits per heavy atom. The number of aromatic nitrogens is 1. The zero-order chi connectivity index (χ0) is 6.85. The molecule has 0 saturated carbocycles. The van der Waals surface area contributed by atoms with Gasteiger partial charge in [-0.25, -0.2) is 4.98 Å². The van der Waals surface area contributed by atoms with Gasteiger partial charge in [-0.15, -0.1) is 0 Å². The van der Waals surface area contributed by atoms with Gasteiger partial charge in [-0.3, -0.25) is 0 Å². The van der Waals surface area contributed by atoms with Gasteiger partial charge in [0.25, 0.3) is 0 Å². The SMILES string of the molecule is Cc1nc(C=S)c(O)o1. The Labute approximate surface area is 57.3 Å². The fourth-order valence-corrected chi connectivity index (χ4v) is 0.663. The average molecular weight is 143 g/mol. The van der Waals surface area contributed by atoms with Crippen LogP contribution in [-0.2, 0) is 0 Å². The van der Waals surface area contributed by atoms with Gasteiger partial charge in [0.1, 0.15) is 0 Å². The van der Waals surface area contributed by atoms with Gasteiger partial charge in [-0.2, -0.15) is 0 Å². The van der Waals surface area contributed by atoms with Crippen LogP contribution in [0.25, 0.3) is 0 Å². The molecule has 0 atom stereocenters. The molecule has 1 rings (SSSR count). The van der Waals surface area contributed by atoms with Gasteiger partial charge in [-0.05, 0) is 0 Å². The quantitative estimate of drug-likeness (QED) is 0.596. The van der Waals surface area contributed by atoms with Crippen LogP contribution in [0, 0.1) is 6.92 Å². The summed E-state index contributed by atoms with van der Waals surface area (Å²) in [5, 5.41) is 10.1. The summed E-state index contributed by atoms with van der Waals surface area (Å²) in [5.74, 6) is 0.214. The molecule has 0 saturated heterocycles. The normalized spacial score (nSPS) is 9.44. The van der Waals surface area contributed by atoms with E-state index in [9.17, 15) is 0 Å². The van der Waals surface area contributed by atoms with Crippen LogP contribution in [0.2, 0.25) is 0 Å². The molecule has 0 aliphatic heterocycles. The smallest absolute Gasteiger partial charge is 0.311 e. The first-order valence-electron chi connectivity index (χ1n) is 2.35. The maximum Gasteiger partial charge on any atom is 0.311 e. The summed E-state index contributed by atoms with van der Waals surface area (Å²) in [5.41, 5.74) is 0.322. The van der Waals surface area contributed by atoms with Crippen LogP contribution in [0.5, 0.6) is 5.95 Å². The molecule has 0 spiro atoms. The molecule has 0 aliphatic rings. The van der Waals surface area contributed by atoms with E-state index < -0.39 is 0 Å². The standard InChI is InChI=1S/C5H5NO2S/c1-3-6-4(2-9)5(7)8-3/h2,7H,1H3. The molecule has 0 fully saturated rings. The van der Waals surface area contributed by atoms with Gasteiger partial charge in [0, 0.05) is 12.3 Å². The molecule has 0 radical (unpaired) electrons. The van der Waals surface area contributed by atoms with Gasteiger partial charge in [-0.1, -0.05) is 12.2 Å². The van der Waals surface area contributed by atoms with Crippen molar-refractivity contribution in [3.05, 3.63) is 11.6 Å². The first kappa shape index (κ1) is 6.22. The van der Waals surface area contributed by atoms with Crippen LogP contribution in [-0.4, -0.2) is 15.5 Å². The minimum atomic E-state index is -0.206. The van der Waals surface area contributed by atoms with Crippen molar-refractivity contribution in [1.29, 1.82) is 0 Å². The van der Waals surface area contributed by atoms with Gasteiger partial charge in [0.05, 0.1) is 0 Å². The second-order valence-electron chi connectivity index (χ2n) is 1.54. The first-order valence-corrected chi connectivity index (χ1v) is 2.82. The van der Waals surface area contributed by atoms with E-state index in [2.05, 4.69) is 21.6 Å². The largest absolute Gasteiger partial charge is 0.479 e. The third-order valence-electron chi connectivity index (χ3n) is 0.853. The molecule has 3 nitrogen and oxygen atoms in total. The van der Waals surface area contributed by atoms with Crippen molar-refractivity contribution < 1.29 is 9.52 Å². The Kier molecular flexibility index (Phi) is 1.48. The monoisotopic (exact) mass is 143 g/mol. The second kappa shape index (κ2) is 2.14. The lowest BCUT2D eigenvalue weighted by atomic mass is 10.5. The predicted molar refractivity (Wildman–Crippen MR) is 35.7 cm³/mol. The van der Waals surface area contributed by atoms with E-state index in [4.69, 9.17) is 5.11 Å². The first-order chi connectivity index (χ1) is 4.24. The summed E-state index contributed by atoms with van der Waals surface area (Å²) >= 11 is 4.51. The van der Waals surface area contributed by atoms with Crippen LogP contribution in [0.4, 0.5) is 0 Å². The molecule has 0 bridgehead atoms. The highest BCUT2D eigenvalue weighted by Crippen LogP contribution is 2.14. The lowest BCUT2D eigenvalue weighted by Crippen LogP contribution is -1.76. The predicted octanol–water partition coefficient (Wildman–Crippen LogP) is 1.04. The fourth-order valence-electron chi connectivity index (χ4n) is 0.509. The fraction of sp³-hybridized carbons (Fsp3) is 0.200. The number of thiocarbonyl (C=S) groups is 1. The maximum atomic E-state index is 8.80. The van der Waals surface area contributed by atoms with Gasteiger partial charge < -0.3 is 9.52 Å². The Balaban J connectivity index is 3.15. The van der Waals surface area contributed by atoms with Crippen molar-refractivity contribution in [3.8, 4) is 5.95 Å². The van der Waals surface area contributed by atoms with Crippen molar-refractivity contribution in [1.82, 2.24) is 4.98 Å². The molecule has 48 valence electrons. The summed E-state index contributed by atoms with van der Waals surface area (Å²) in [7, 11) is 0. The molecule has 1 N–H and O–H groups in total. The van der Waals surface area contributed by atoms with Crippen LogP contribution in [0.15, 0.2) is 4.42 Å². The minimum Gasteiger partial charge on any atom is -0.479 e. The van der Waals surface area contributed by atoms with Gasteiger partial charge >= 0.3 is 5.95 Å². The molecule has 9 heavy (non-hydrogen) atoms. The summed E-state index contributed by atoms with van der Waals surface area (Å²) in [6.45, 7) is 1.64. The molecule has 1 aromatic heterocycles. The molecule has 0 unspecified atom stereocenters. The van der Waals surface area contributed by atoms with E-state index in [1.807, 2.05) is 0 Å². The van der Waals surface area contributed by atoms with Crippen molar-refractivity contribution in [2.24, 2.45) is 0 Å². The van der Waals surface area contributed by atoms with Crippen molar-refractivity contribution in [2.45, 2.75) is 6.92 Å². The van der Waals surface area contributed by atoms with E-state index in [-0.39, 0.29) is 5.95 Å². The molecule has 1 aromatic rings. The van der Waals surface area contributed by atoms with E-state index >= 15 is 0 Å². The Morgan fingerprint density at radius 2 is 2.44 bits per heavy atom. The molecule has 4 heteroatoms. The Bertz CT molecular complexity index is 231. The number of nitrogens with zero attached hydrogens (tertiary/aromatic N) is 1. The van der Waals surface area contributed by atoms with E-state index in [1.54, 1.807) is 6.92 Å². The summed E-state index contributed by atoms with van der Waals surface area (Å²) < 4.78 is 4.65. The highest BCUT2D eigenvalue weighted by Gasteiger charge is 2.04. The average Bonchev–Trinajstić information content (AvgIpc) is 2.10. The molecular formula is C5H5NO2S. The third-order valence-corrected chi connectivity index (χ3v) is 1.08. The zero-order valence-electron chi connectivity index (χ0n) is 4.79. The van der Waals surface area contributed by atoms with Crippen molar-refractivity contribution in [2.75, 3.05) is 0 Å². The van der Waals surface area contributed by atoms with Crippen molar-refractivity contribution >= 4 is 17.6 Å². The Morgan fingerprint density at radius 1 is 1.78 bits per heavy atom. The Hall–Kier alpha value is -0.900. The number of hydrogen-bond acceptors (Lipinski definition) is 4. The molecule has 1 heterocycles. The summed E-state index contributed by atoms with van der Waals surface area (Å²) in [6, 6.07) is 0. The second-order valence-corrected chi connectivity index (χ2v) is 1.78. The lowest BCUT2D eigenvalue weighted by molar-refractivity contribution is 0.322. The number of hydrogen-bond donors (Lipinski definition) is 1. The highest BCUT2D eigenvalue weighted by atomic mass is 32.1. The van der Waals surface area contributed by atoms with Crippen LogP contribution >= 0.6 is 12.2 Å². The number of oxazole rings is 1. The van der Waals surface area contributed by atoms with Crippen LogP contribution in [0.3, 0.4) is 0 Å². The topological polar surface area (TPSA) is 46.3 Å². The molecule has 0 amide bonds. The summed E-state index contributed by atoms with van der Waals surface area (Å²) in [6.07, 6.45) is 0. The van der Waals surface area contributed by atoms with Gasteiger partial charge in [0.2, 0.25) is 0 Å². The van der Waals surface area contributed by atoms with Gasteiger partial charge in [0.15, 0.2) is 11.6 Å². The number of aryl methyl sites for hydroxylation is 1. The lowest BCUT2D eigenvalue weighted by Gasteiger charge is -1.77. The number of aromatic hydroxyl groups is 1. The third kappa shape index (κ3) is 1.08. The van der Waals surface area contributed by atoms with E-state index in [0.717, 1.165) is 0 Å².